The van der Waals surface area contributed by atoms with Gasteiger partial charge in [-0.15, -0.1) is 13.2 Å². The van der Waals surface area contributed by atoms with Crippen molar-refractivity contribution in [3.8, 4) is 5.75 Å². The molecule has 2 rings (SSSR count). The number of alkyl halides is 3. The Labute approximate surface area is 125 Å². The van der Waals surface area contributed by atoms with Crippen LogP contribution < -0.4 is 15.4 Å². The Balaban J connectivity index is 2.48. The van der Waals surface area contributed by atoms with Gasteiger partial charge in [0.05, 0.1) is 5.02 Å². The monoisotopic (exact) mass is 372 g/mol. The number of nitrogens with zero attached hydrogens (tertiary/aromatic N) is 1. The zero-order chi connectivity index (χ0) is 15.1. The average molecular weight is 374 g/mol. The van der Waals surface area contributed by atoms with E-state index in [2.05, 4.69) is 20.7 Å². The second-order valence-electron chi connectivity index (χ2n) is 4.25. The number of nitrogens with two attached hydrogens (primary N) is 1. The molecular formula is C11H9BrClF3N2O2. The van der Waals surface area contributed by atoms with Gasteiger partial charge < -0.3 is 15.4 Å². The summed E-state index contributed by atoms with van der Waals surface area (Å²) in [6.07, 6.45) is -4.83. The van der Waals surface area contributed by atoms with Gasteiger partial charge in [0.15, 0.2) is 5.75 Å². The summed E-state index contributed by atoms with van der Waals surface area (Å²) < 4.78 is 41.6. The molecule has 1 aliphatic rings. The Kier molecular flexibility index (Phi) is 4.17. The summed E-state index contributed by atoms with van der Waals surface area (Å²) in [7, 11) is 0. The molecule has 1 unspecified atom stereocenters. The van der Waals surface area contributed by atoms with Crippen molar-refractivity contribution in [1.29, 1.82) is 0 Å². The second-order valence-corrected chi connectivity index (χ2v) is 5.57. The third-order valence-electron chi connectivity index (χ3n) is 2.64. The molecule has 110 valence electrons. The molecule has 1 aromatic rings. The summed E-state index contributed by atoms with van der Waals surface area (Å²) >= 11 is 8.97. The van der Waals surface area contributed by atoms with E-state index in [1.807, 2.05) is 0 Å². The van der Waals surface area contributed by atoms with Gasteiger partial charge in [0.2, 0.25) is 5.91 Å². The molecule has 0 bridgehead atoms. The number of carbonyl (C=O) groups is 1. The molecule has 1 aliphatic heterocycles. The van der Waals surface area contributed by atoms with Crippen LogP contribution in [0, 0.1) is 0 Å². The summed E-state index contributed by atoms with van der Waals surface area (Å²) in [5.74, 6) is -0.937. The Morgan fingerprint density at radius 2 is 2.10 bits per heavy atom. The zero-order valence-electron chi connectivity index (χ0n) is 9.88. The first-order chi connectivity index (χ1) is 9.17. The van der Waals surface area contributed by atoms with Crippen molar-refractivity contribution in [2.75, 3.05) is 11.4 Å². The lowest BCUT2D eigenvalue weighted by Gasteiger charge is -2.22. The van der Waals surface area contributed by atoms with Crippen molar-refractivity contribution >= 4 is 39.1 Å². The molecule has 0 spiro atoms. The lowest BCUT2D eigenvalue weighted by molar-refractivity contribution is -0.274. The van der Waals surface area contributed by atoms with Gasteiger partial charge in [0, 0.05) is 23.5 Å². The Hall–Kier alpha value is -0.990. The fourth-order valence-electron chi connectivity index (χ4n) is 1.96. The van der Waals surface area contributed by atoms with Crippen LogP contribution in [0.3, 0.4) is 0 Å². The first kappa shape index (κ1) is 15.4. The minimum absolute atomic E-state index is 0.0268. The van der Waals surface area contributed by atoms with Gasteiger partial charge in [-0.3, -0.25) is 4.79 Å². The maximum absolute atomic E-state index is 12.4. The second kappa shape index (κ2) is 5.42. The standard InChI is InChI=1S/C11H9BrClF3N2O2/c12-5-1-7(13)10(8(2-5)20-11(14,15)16)18-4-6(17)3-9(18)19/h1-2,6H,3-4,17H2. The average Bonchev–Trinajstić information content (AvgIpc) is 2.54. The predicted octanol–water partition coefficient (Wildman–Crippen LogP) is 3.07. The van der Waals surface area contributed by atoms with E-state index in [1.54, 1.807) is 0 Å². The van der Waals surface area contributed by atoms with Gasteiger partial charge in [0.25, 0.3) is 0 Å². The van der Waals surface area contributed by atoms with Crippen molar-refractivity contribution in [2.45, 2.75) is 18.8 Å². The first-order valence-electron chi connectivity index (χ1n) is 5.48. The van der Waals surface area contributed by atoms with Crippen molar-refractivity contribution in [3.63, 3.8) is 0 Å². The van der Waals surface area contributed by atoms with Crippen molar-refractivity contribution in [3.05, 3.63) is 21.6 Å². The number of carbonyl (C=O) groups excluding carboxylic acids is 1. The number of benzene rings is 1. The van der Waals surface area contributed by atoms with E-state index in [-0.39, 0.29) is 23.7 Å². The lowest BCUT2D eigenvalue weighted by atomic mass is 10.2. The molecule has 1 heterocycles. The first-order valence-corrected chi connectivity index (χ1v) is 6.65. The van der Waals surface area contributed by atoms with Crippen LogP contribution >= 0.6 is 27.5 Å². The SMILES string of the molecule is NC1CC(=O)N(c2c(Cl)cc(Br)cc2OC(F)(F)F)C1. The molecule has 0 saturated carbocycles. The van der Waals surface area contributed by atoms with Crippen LogP contribution in [0.15, 0.2) is 16.6 Å². The normalized spacial score (nSPS) is 19.6. The van der Waals surface area contributed by atoms with Crippen LogP contribution in [0.5, 0.6) is 5.75 Å². The van der Waals surface area contributed by atoms with Crippen molar-refractivity contribution in [1.82, 2.24) is 0 Å². The third-order valence-corrected chi connectivity index (χ3v) is 3.39. The van der Waals surface area contributed by atoms with Gasteiger partial charge in [-0.25, -0.2) is 0 Å². The highest BCUT2D eigenvalue weighted by atomic mass is 79.9. The van der Waals surface area contributed by atoms with Gasteiger partial charge in [-0.1, -0.05) is 27.5 Å². The van der Waals surface area contributed by atoms with Crippen LogP contribution in [0.1, 0.15) is 6.42 Å². The summed E-state index contributed by atoms with van der Waals surface area (Å²) in [4.78, 5) is 12.9. The van der Waals surface area contributed by atoms with Crippen LogP contribution in [0.25, 0.3) is 0 Å². The summed E-state index contributed by atoms with van der Waals surface area (Å²) in [5, 5.41) is -0.0268. The Morgan fingerprint density at radius 3 is 2.60 bits per heavy atom. The highest BCUT2D eigenvalue weighted by Crippen LogP contribution is 2.42. The van der Waals surface area contributed by atoms with Crippen LogP contribution in [0.4, 0.5) is 18.9 Å². The maximum atomic E-state index is 12.4. The number of rotatable bonds is 2. The summed E-state index contributed by atoms with van der Waals surface area (Å²) in [6.45, 7) is 0.0917. The van der Waals surface area contributed by atoms with E-state index in [0.717, 1.165) is 11.0 Å². The molecule has 0 radical (unpaired) electrons. The van der Waals surface area contributed by atoms with Crippen molar-refractivity contribution in [2.24, 2.45) is 5.73 Å². The molecule has 0 aromatic heterocycles. The maximum Gasteiger partial charge on any atom is 0.573 e. The largest absolute Gasteiger partial charge is 0.573 e. The zero-order valence-corrected chi connectivity index (χ0v) is 12.2. The topological polar surface area (TPSA) is 55.6 Å². The fraction of sp³-hybridized carbons (Fsp3) is 0.364. The van der Waals surface area contributed by atoms with E-state index in [4.69, 9.17) is 17.3 Å². The molecule has 0 aliphatic carbocycles. The van der Waals surface area contributed by atoms with Crippen molar-refractivity contribution < 1.29 is 22.7 Å². The molecular weight excluding hydrogens is 364 g/mol. The molecule has 1 saturated heterocycles. The number of halogens is 5. The summed E-state index contributed by atoms with van der Waals surface area (Å²) in [5.41, 5.74) is 5.51. The van der Waals surface area contributed by atoms with Gasteiger partial charge >= 0.3 is 6.36 Å². The summed E-state index contributed by atoms with van der Waals surface area (Å²) in [6, 6.07) is 2.05. The van der Waals surface area contributed by atoms with E-state index >= 15 is 0 Å². The molecule has 9 heteroatoms. The third kappa shape index (κ3) is 3.36. The lowest BCUT2D eigenvalue weighted by Crippen LogP contribution is -2.29. The van der Waals surface area contributed by atoms with Crippen LogP contribution in [-0.2, 0) is 4.79 Å². The molecule has 1 atom stereocenters. The predicted molar refractivity (Wildman–Crippen MR) is 70.8 cm³/mol. The molecule has 2 N–H and O–H groups in total. The highest BCUT2D eigenvalue weighted by Gasteiger charge is 2.37. The minimum atomic E-state index is -4.89. The molecule has 4 nitrogen and oxygen atoms in total. The minimum Gasteiger partial charge on any atom is -0.403 e. The van der Waals surface area contributed by atoms with E-state index in [9.17, 15) is 18.0 Å². The number of hydrogen-bond donors (Lipinski definition) is 1. The molecule has 1 fully saturated rings. The number of hydrogen-bond acceptors (Lipinski definition) is 3. The van der Waals surface area contributed by atoms with Gasteiger partial charge in [-0.2, -0.15) is 0 Å². The van der Waals surface area contributed by atoms with E-state index in [1.165, 1.54) is 6.07 Å². The van der Waals surface area contributed by atoms with E-state index < -0.39 is 24.1 Å². The highest BCUT2D eigenvalue weighted by molar-refractivity contribution is 9.10. The Bertz CT molecular complexity index is 553. The van der Waals surface area contributed by atoms with Crippen LogP contribution in [0.2, 0.25) is 5.02 Å². The number of anilines is 1. The van der Waals surface area contributed by atoms with Gasteiger partial charge in [0.1, 0.15) is 5.69 Å². The quantitative estimate of drug-likeness (QED) is 0.867. The van der Waals surface area contributed by atoms with E-state index in [0.29, 0.717) is 4.47 Å². The number of ether oxygens (including phenoxy) is 1. The Morgan fingerprint density at radius 1 is 1.45 bits per heavy atom. The molecule has 1 aromatic carbocycles. The molecule has 1 amide bonds. The smallest absolute Gasteiger partial charge is 0.403 e. The van der Waals surface area contributed by atoms with Gasteiger partial charge in [-0.05, 0) is 12.1 Å². The number of amides is 1. The van der Waals surface area contributed by atoms with Crippen LogP contribution in [-0.4, -0.2) is 24.9 Å². The fourth-order valence-corrected chi connectivity index (χ4v) is 2.84. The molecule has 20 heavy (non-hydrogen) atoms.